The Bertz CT molecular complexity index is 281. The van der Waals surface area contributed by atoms with Crippen LogP contribution in [0.4, 0.5) is 0 Å². The monoisotopic (exact) mass is 145 g/mol. The fourth-order valence-corrected chi connectivity index (χ4v) is 1.01. The molecule has 2 radical (unpaired) electrons. The van der Waals surface area contributed by atoms with E-state index in [0.29, 0.717) is 0 Å². The van der Waals surface area contributed by atoms with Crippen molar-refractivity contribution in [2.24, 2.45) is 5.16 Å². The summed E-state index contributed by atoms with van der Waals surface area (Å²) in [5, 5.41) is 3.68. The molecule has 0 aromatic heterocycles. The van der Waals surface area contributed by atoms with Gasteiger partial charge in [0, 0.05) is 6.42 Å². The molecule has 2 heteroatoms. The number of hydrogen-bond donors (Lipinski definition) is 0. The Morgan fingerprint density at radius 2 is 2.27 bits per heavy atom. The van der Waals surface area contributed by atoms with Crippen LogP contribution in [0.2, 0.25) is 0 Å². The fourth-order valence-electron chi connectivity index (χ4n) is 1.01. The highest BCUT2D eigenvalue weighted by molar-refractivity contribution is 5.68. The number of rotatable bonds is 0. The average Bonchev–Trinajstić information content (AvgIpc) is 2.28. The predicted octanol–water partition coefficient (Wildman–Crippen LogP) is 1.69. The molecule has 1 aromatic carbocycles. The molecule has 1 aliphatic heterocycles. The molecule has 0 saturated heterocycles. The maximum Gasteiger partial charge on any atom is 0.161 e. The highest BCUT2D eigenvalue weighted by Gasteiger charge is 2.04. The van der Waals surface area contributed by atoms with Crippen molar-refractivity contribution in [3.63, 3.8) is 0 Å². The van der Waals surface area contributed by atoms with Gasteiger partial charge in [0.2, 0.25) is 0 Å². The molecule has 0 saturated carbocycles. The Kier molecular flexibility index (Phi) is 1.60. The molecular formula is C9H7NO. The lowest BCUT2D eigenvalue weighted by molar-refractivity contribution is 0.343. The molecule has 1 aliphatic rings. The first-order valence-corrected chi connectivity index (χ1v) is 3.47. The lowest BCUT2D eigenvalue weighted by Gasteiger charge is -2.00. The predicted molar refractivity (Wildman–Crippen MR) is 42.5 cm³/mol. The van der Waals surface area contributed by atoms with Crippen LogP contribution in [-0.2, 0) is 6.42 Å². The van der Waals surface area contributed by atoms with E-state index in [1.807, 2.05) is 24.3 Å². The Morgan fingerprint density at radius 1 is 1.36 bits per heavy atom. The van der Waals surface area contributed by atoms with Gasteiger partial charge in [-0.05, 0) is 18.1 Å². The third kappa shape index (κ3) is 1.24. The van der Waals surface area contributed by atoms with Crippen molar-refractivity contribution in [2.45, 2.75) is 6.42 Å². The molecular weight excluding hydrogens is 138 g/mol. The zero-order valence-corrected chi connectivity index (χ0v) is 5.95. The molecule has 2 nitrogen and oxygen atoms in total. The van der Waals surface area contributed by atoms with Gasteiger partial charge in [-0.1, -0.05) is 23.4 Å². The van der Waals surface area contributed by atoms with Crippen LogP contribution < -0.4 is 4.84 Å². The van der Waals surface area contributed by atoms with E-state index >= 15 is 0 Å². The third-order valence-corrected chi connectivity index (χ3v) is 1.56. The van der Waals surface area contributed by atoms with Crippen molar-refractivity contribution in [3.05, 3.63) is 36.2 Å². The van der Waals surface area contributed by atoms with Gasteiger partial charge in [-0.3, -0.25) is 0 Å². The quantitative estimate of drug-likeness (QED) is 0.544. The summed E-state index contributed by atoms with van der Waals surface area (Å²) in [5.74, 6) is 0.828. The molecule has 1 aromatic rings. The number of hydrogen-bond acceptors (Lipinski definition) is 2. The second kappa shape index (κ2) is 2.74. The van der Waals surface area contributed by atoms with Crippen LogP contribution in [0.3, 0.4) is 0 Å². The summed E-state index contributed by atoms with van der Waals surface area (Å²) in [4.78, 5) is 5.06. The van der Waals surface area contributed by atoms with Gasteiger partial charge in [0.05, 0.1) is 6.21 Å². The molecule has 2 rings (SSSR count). The Labute approximate surface area is 65.5 Å². The van der Waals surface area contributed by atoms with Crippen LogP contribution in [0.25, 0.3) is 0 Å². The molecule has 1 heterocycles. The molecule has 0 N–H and O–H groups in total. The van der Waals surface area contributed by atoms with Crippen LogP contribution in [0.5, 0.6) is 5.75 Å². The van der Waals surface area contributed by atoms with Crippen LogP contribution in [0.15, 0.2) is 29.4 Å². The molecule has 0 amide bonds. The molecule has 0 bridgehead atoms. The molecule has 0 aliphatic carbocycles. The fraction of sp³-hybridized carbons (Fsp3) is 0.111. The van der Waals surface area contributed by atoms with Crippen LogP contribution in [0.1, 0.15) is 5.56 Å². The van der Waals surface area contributed by atoms with Crippen molar-refractivity contribution in [3.8, 4) is 5.75 Å². The number of benzene rings is 1. The van der Waals surface area contributed by atoms with Gasteiger partial charge in [0.1, 0.15) is 0 Å². The average molecular weight is 145 g/mol. The molecule has 54 valence electrons. The summed E-state index contributed by atoms with van der Waals surface area (Å²) in [5.41, 5.74) is 1.13. The number of nitrogens with zero attached hydrogens (tertiary/aromatic N) is 1. The topological polar surface area (TPSA) is 21.6 Å². The summed E-state index contributed by atoms with van der Waals surface area (Å²) in [6, 6.07) is 7.82. The van der Waals surface area contributed by atoms with Crippen molar-refractivity contribution >= 4 is 6.21 Å². The van der Waals surface area contributed by atoms with E-state index in [4.69, 9.17) is 4.84 Å². The lowest BCUT2D eigenvalue weighted by atomic mass is 10.1. The zero-order valence-electron chi connectivity index (χ0n) is 5.95. The minimum atomic E-state index is 0.777. The van der Waals surface area contributed by atoms with E-state index in [1.165, 1.54) is 0 Å². The summed E-state index contributed by atoms with van der Waals surface area (Å²) < 4.78 is 0. The highest BCUT2D eigenvalue weighted by Crippen LogP contribution is 2.20. The van der Waals surface area contributed by atoms with Crippen molar-refractivity contribution < 1.29 is 4.84 Å². The Hall–Kier alpha value is -1.31. The number of oxime groups is 1. The SMILES string of the molecule is [C]1C=NOc2ccccc2C1. The molecule has 0 unspecified atom stereocenters. The largest absolute Gasteiger partial charge is 0.357 e. The zero-order chi connectivity index (χ0) is 7.52. The second-order valence-electron chi connectivity index (χ2n) is 2.31. The van der Waals surface area contributed by atoms with E-state index in [-0.39, 0.29) is 0 Å². The number of para-hydroxylation sites is 1. The van der Waals surface area contributed by atoms with Crippen molar-refractivity contribution in [1.29, 1.82) is 0 Å². The van der Waals surface area contributed by atoms with Gasteiger partial charge in [-0.15, -0.1) is 0 Å². The van der Waals surface area contributed by atoms with Gasteiger partial charge in [-0.2, -0.15) is 0 Å². The smallest absolute Gasteiger partial charge is 0.161 e. The van der Waals surface area contributed by atoms with Gasteiger partial charge in [-0.25, -0.2) is 0 Å². The molecule has 0 spiro atoms. The van der Waals surface area contributed by atoms with E-state index in [2.05, 4.69) is 11.6 Å². The van der Waals surface area contributed by atoms with Gasteiger partial charge in [0.15, 0.2) is 5.75 Å². The third-order valence-electron chi connectivity index (χ3n) is 1.56. The van der Waals surface area contributed by atoms with Gasteiger partial charge >= 0.3 is 0 Å². The molecule has 11 heavy (non-hydrogen) atoms. The van der Waals surface area contributed by atoms with Crippen LogP contribution in [-0.4, -0.2) is 6.21 Å². The van der Waals surface area contributed by atoms with E-state index in [0.717, 1.165) is 17.7 Å². The maximum atomic E-state index is 5.06. The normalized spacial score (nSPS) is 14.9. The summed E-state index contributed by atoms with van der Waals surface area (Å²) in [6.45, 7) is 0. The van der Waals surface area contributed by atoms with Crippen LogP contribution >= 0.6 is 0 Å². The summed E-state index contributed by atoms with van der Waals surface area (Å²) >= 11 is 0. The minimum Gasteiger partial charge on any atom is -0.357 e. The van der Waals surface area contributed by atoms with E-state index in [9.17, 15) is 0 Å². The van der Waals surface area contributed by atoms with E-state index < -0.39 is 0 Å². The first kappa shape index (κ1) is 6.40. The molecule has 0 atom stereocenters. The first-order chi connectivity index (χ1) is 5.47. The summed E-state index contributed by atoms with van der Waals surface area (Å²) in [7, 11) is 0. The van der Waals surface area contributed by atoms with E-state index in [1.54, 1.807) is 6.21 Å². The Morgan fingerprint density at radius 3 is 3.27 bits per heavy atom. The number of fused-ring (bicyclic) bond motifs is 1. The Balaban J connectivity index is 2.40. The van der Waals surface area contributed by atoms with Crippen molar-refractivity contribution in [2.75, 3.05) is 0 Å². The second-order valence-corrected chi connectivity index (χ2v) is 2.31. The maximum absolute atomic E-state index is 5.06. The van der Waals surface area contributed by atoms with Crippen LogP contribution in [0, 0.1) is 6.42 Å². The van der Waals surface area contributed by atoms with Gasteiger partial charge in [0.25, 0.3) is 0 Å². The molecule has 0 fully saturated rings. The van der Waals surface area contributed by atoms with Gasteiger partial charge < -0.3 is 4.84 Å². The highest BCUT2D eigenvalue weighted by atomic mass is 16.6. The summed E-state index contributed by atoms with van der Waals surface area (Å²) in [6.07, 6.45) is 5.32. The lowest BCUT2D eigenvalue weighted by Crippen LogP contribution is -1.86. The standard InChI is InChI=1S/C9H7NO/c1-2-6-9-8(4-1)5-3-7-10-11-9/h1-2,4,6-7H,5H2. The first-order valence-electron chi connectivity index (χ1n) is 3.47. The van der Waals surface area contributed by atoms with Crippen molar-refractivity contribution in [1.82, 2.24) is 0 Å². The minimum absolute atomic E-state index is 0.777.